The molecule has 3 N–H and O–H groups in total. The van der Waals surface area contributed by atoms with Crippen molar-refractivity contribution < 1.29 is 4.74 Å². The number of aryl methyl sites for hydroxylation is 1. The lowest BCUT2D eigenvalue weighted by Crippen LogP contribution is -2.49. The first-order chi connectivity index (χ1) is 10.9. The van der Waals surface area contributed by atoms with Crippen molar-refractivity contribution in [2.45, 2.75) is 31.8 Å². The molecule has 6 nitrogen and oxygen atoms in total. The number of hydrogen-bond donors (Lipinski definition) is 2. The molecule has 1 unspecified atom stereocenters. The normalized spacial score (nSPS) is 18.7. The van der Waals surface area contributed by atoms with E-state index in [9.17, 15) is 0 Å². The number of nitrogens with zero attached hydrogens (tertiary/aromatic N) is 3. The second-order valence-corrected chi connectivity index (χ2v) is 5.82. The van der Waals surface area contributed by atoms with Crippen molar-refractivity contribution in [1.29, 1.82) is 0 Å². The molecular formula is C16H27Cl2N5O. The smallest absolute Gasteiger partial charge is 0.216 e. The number of guanidine groups is 1. The van der Waals surface area contributed by atoms with Crippen LogP contribution in [0.25, 0.3) is 0 Å². The molecule has 0 amide bonds. The topological polar surface area (TPSA) is 75.8 Å². The van der Waals surface area contributed by atoms with Gasteiger partial charge in [-0.25, -0.2) is 4.98 Å². The van der Waals surface area contributed by atoms with Crippen molar-refractivity contribution in [2.24, 2.45) is 10.7 Å². The molecule has 0 bridgehead atoms. The average molecular weight is 376 g/mol. The summed E-state index contributed by atoms with van der Waals surface area (Å²) in [6.45, 7) is 4.34. The molecule has 3 heterocycles. The number of rotatable bonds is 5. The van der Waals surface area contributed by atoms with E-state index in [0.717, 1.165) is 63.7 Å². The Morgan fingerprint density at radius 1 is 1.38 bits per heavy atom. The Hall–Kier alpha value is -1.24. The SMILES string of the molecule is Cl.Cl.NCCCN(CC1CCc2cccnc2O1)C1=NCCCN1. The quantitative estimate of drug-likeness (QED) is 0.817. The summed E-state index contributed by atoms with van der Waals surface area (Å²) in [4.78, 5) is 11.2. The summed E-state index contributed by atoms with van der Waals surface area (Å²) >= 11 is 0. The van der Waals surface area contributed by atoms with E-state index in [1.54, 1.807) is 6.20 Å². The number of aromatic nitrogens is 1. The van der Waals surface area contributed by atoms with E-state index in [0.29, 0.717) is 6.54 Å². The maximum Gasteiger partial charge on any atom is 0.216 e. The number of aliphatic imine (C=N–C) groups is 1. The highest BCUT2D eigenvalue weighted by Gasteiger charge is 2.24. The lowest BCUT2D eigenvalue weighted by atomic mass is 10.0. The largest absolute Gasteiger partial charge is 0.472 e. The van der Waals surface area contributed by atoms with Crippen LogP contribution in [0.15, 0.2) is 23.3 Å². The van der Waals surface area contributed by atoms with Gasteiger partial charge < -0.3 is 20.7 Å². The van der Waals surface area contributed by atoms with E-state index in [4.69, 9.17) is 10.5 Å². The fourth-order valence-electron chi connectivity index (χ4n) is 2.93. The molecule has 3 rings (SSSR count). The molecule has 1 aromatic heterocycles. The Bertz CT molecular complexity index is 529. The molecule has 0 aromatic carbocycles. The van der Waals surface area contributed by atoms with Crippen LogP contribution >= 0.6 is 24.8 Å². The molecule has 24 heavy (non-hydrogen) atoms. The van der Waals surface area contributed by atoms with Gasteiger partial charge in [0.15, 0.2) is 5.96 Å². The first kappa shape index (κ1) is 20.8. The highest BCUT2D eigenvalue weighted by Crippen LogP contribution is 2.25. The number of halogens is 2. The van der Waals surface area contributed by atoms with Gasteiger partial charge in [-0.05, 0) is 38.3 Å². The van der Waals surface area contributed by atoms with Crippen molar-refractivity contribution in [2.75, 3.05) is 32.7 Å². The molecule has 2 aliphatic heterocycles. The Kier molecular flexibility index (Phi) is 9.18. The highest BCUT2D eigenvalue weighted by atomic mass is 35.5. The summed E-state index contributed by atoms with van der Waals surface area (Å²) in [5, 5.41) is 3.40. The molecule has 2 aliphatic rings. The van der Waals surface area contributed by atoms with E-state index in [2.05, 4.69) is 26.3 Å². The van der Waals surface area contributed by atoms with Gasteiger partial charge in [0, 0.05) is 31.4 Å². The van der Waals surface area contributed by atoms with Gasteiger partial charge in [0.2, 0.25) is 5.88 Å². The summed E-state index contributed by atoms with van der Waals surface area (Å²) in [5.41, 5.74) is 6.88. The van der Waals surface area contributed by atoms with Gasteiger partial charge in [-0.1, -0.05) is 6.07 Å². The number of hydrogen-bond acceptors (Lipinski definition) is 6. The van der Waals surface area contributed by atoms with Crippen LogP contribution in [-0.4, -0.2) is 54.7 Å². The summed E-state index contributed by atoms with van der Waals surface area (Å²) in [7, 11) is 0. The van der Waals surface area contributed by atoms with Gasteiger partial charge in [0.1, 0.15) is 6.10 Å². The molecule has 8 heteroatoms. The van der Waals surface area contributed by atoms with Crippen molar-refractivity contribution in [3.63, 3.8) is 0 Å². The number of nitrogens with one attached hydrogen (secondary N) is 1. The zero-order chi connectivity index (χ0) is 15.2. The number of nitrogens with two attached hydrogens (primary N) is 1. The van der Waals surface area contributed by atoms with Gasteiger partial charge in [0.25, 0.3) is 0 Å². The second-order valence-electron chi connectivity index (χ2n) is 5.82. The van der Waals surface area contributed by atoms with Gasteiger partial charge in [0.05, 0.1) is 6.54 Å². The molecule has 1 atom stereocenters. The summed E-state index contributed by atoms with van der Waals surface area (Å²) in [6, 6.07) is 4.06. The lowest BCUT2D eigenvalue weighted by Gasteiger charge is -2.33. The predicted octanol–water partition coefficient (Wildman–Crippen LogP) is 1.62. The van der Waals surface area contributed by atoms with E-state index in [-0.39, 0.29) is 30.9 Å². The van der Waals surface area contributed by atoms with E-state index >= 15 is 0 Å². The Balaban J connectivity index is 0.00000144. The maximum absolute atomic E-state index is 6.07. The van der Waals surface area contributed by atoms with Crippen molar-refractivity contribution >= 4 is 30.8 Å². The van der Waals surface area contributed by atoms with Crippen LogP contribution in [0.3, 0.4) is 0 Å². The maximum atomic E-state index is 6.07. The standard InChI is InChI=1S/C16H25N5O.2ClH/c17-7-2-11-21(16-19-9-3-10-20-16)12-14-6-5-13-4-1-8-18-15(13)22-14;;/h1,4,8,14H,2-3,5-7,9-12,17H2,(H,19,20);2*1H. The van der Waals surface area contributed by atoms with Crippen LogP contribution in [0.1, 0.15) is 24.8 Å². The Morgan fingerprint density at radius 2 is 2.25 bits per heavy atom. The van der Waals surface area contributed by atoms with Crippen LogP contribution < -0.4 is 15.8 Å². The van der Waals surface area contributed by atoms with Crippen LogP contribution in [0.5, 0.6) is 5.88 Å². The Morgan fingerprint density at radius 3 is 3.00 bits per heavy atom. The zero-order valence-electron chi connectivity index (χ0n) is 13.8. The van der Waals surface area contributed by atoms with E-state index < -0.39 is 0 Å². The minimum atomic E-state index is 0. The lowest BCUT2D eigenvalue weighted by molar-refractivity contribution is 0.134. The van der Waals surface area contributed by atoms with Crippen LogP contribution in [0.2, 0.25) is 0 Å². The van der Waals surface area contributed by atoms with E-state index in [1.807, 2.05) is 6.07 Å². The summed E-state index contributed by atoms with van der Waals surface area (Å²) in [6.07, 6.45) is 6.06. The van der Waals surface area contributed by atoms with Gasteiger partial charge >= 0.3 is 0 Å². The first-order valence-corrected chi connectivity index (χ1v) is 8.20. The van der Waals surface area contributed by atoms with Crippen molar-refractivity contribution in [3.8, 4) is 5.88 Å². The van der Waals surface area contributed by atoms with Crippen LogP contribution in [0, 0.1) is 0 Å². The third kappa shape index (κ3) is 5.40. The van der Waals surface area contributed by atoms with Crippen LogP contribution in [-0.2, 0) is 6.42 Å². The molecular weight excluding hydrogens is 349 g/mol. The molecule has 0 radical (unpaired) electrons. The van der Waals surface area contributed by atoms with Gasteiger partial charge in [-0.2, -0.15) is 0 Å². The fourth-order valence-corrected chi connectivity index (χ4v) is 2.93. The zero-order valence-corrected chi connectivity index (χ0v) is 15.5. The second kappa shape index (κ2) is 10.6. The van der Waals surface area contributed by atoms with E-state index in [1.165, 1.54) is 5.56 Å². The van der Waals surface area contributed by atoms with Crippen molar-refractivity contribution in [3.05, 3.63) is 23.9 Å². The predicted molar refractivity (Wildman–Crippen MR) is 102 cm³/mol. The third-order valence-electron chi connectivity index (χ3n) is 4.10. The molecule has 0 spiro atoms. The molecule has 0 fully saturated rings. The Labute approximate surface area is 156 Å². The van der Waals surface area contributed by atoms with Gasteiger partial charge in [-0.15, -0.1) is 24.8 Å². The average Bonchev–Trinajstić information content (AvgIpc) is 2.59. The molecule has 1 aromatic rings. The number of ether oxygens (including phenoxy) is 1. The molecule has 0 aliphatic carbocycles. The number of fused-ring (bicyclic) bond motifs is 1. The first-order valence-electron chi connectivity index (χ1n) is 8.20. The highest BCUT2D eigenvalue weighted by molar-refractivity contribution is 5.85. The molecule has 136 valence electrons. The molecule has 0 saturated heterocycles. The monoisotopic (exact) mass is 375 g/mol. The molecule has 0 saturated carbocycles. The van der Waals surface area contributed by atoms with Crippen molar-refractivity contribution in [1.82, 2.24) is 15.2 Å². The summed E-state index contributed by atoms with van der Waals surface area (Å²) in [5.74, 6) is 1.78. The minimum absolute atomic E-state index is 0. The number of pyridine rings is 1. The minimum Gasteiger partial charge on any atom is -0.472 e. The van der Waals surface area contributed by atoms with Gasteiger partial charge in [-0.3, -0.25) is 4.99 Å². The summed E-state index contributed by atoms with van der Waals surface area (Å²) < 4.78 is 6.07. The fraction of sp³-hybridized carbons (Fsp3) is 0.625. The van der Waals surface area contributed by atoms with Crippen LogP contribution in [0.4, 0.5) is 0 Å². The third-order valence-corrected chi connectivity index (χ3v) is 4.10.